The van der Waals surface area contributed by atoms with E-state index >= 15 is 0 Å². The number of hydrogen-bond donors (Lipinski definition) is 1. The lowest BCUT2D eigenvalue weighted by Crippen LogP contribution is -2.44. The van der Waals surface area contributed by atoms with Gasteiger partial charge in [0, 0.05) is 31.5 Å². The van der Waals surface area contributed by atoms with Gasteiger partial charge in [0.15, 0.2) is 0 Å². The maximum atomic E-state index is 4.72. The van der Waals surface area contributed by atoms with Crippen LogP contribution in [0.15, 0.2) is 30.6 Å². The third-order valence-corrected chi connectivity index (χ3v) is 4.57. The molecule has 0 aliphatic carbocycles. The van der Waals surface area contributed by atoms with Gasteiger partial charge < -0.3 is 9.72 Å². The van der Waals surface area contributed by atoms with Gasteiger partial charge in [-0.2, -0.15) is 0 Å². The van der Waals surface area contributed by atoms with Crippen LogP contribution in [-0.2, 0) is 6.54 Å². The van der Waals surface area contributed by atoms with E-state index in [1.54, 1.807) is 0 Å². The van der Waals surface area contributed by atoms with Crippen LogP contribution in [0.3, 0.4) is 0 Å². The molecule has 0 bridgehead atoms. The van der Waals surface area contributed by atoms with Crippen molar-refractivity contribution < 1.29 is 0 Å². The highest BCUT2D eigenvalue weighted by atomic mass is 15.2. The minimum absolute atomic E-state index is 0.721. The largest absolute Gasteiger partial charge is 0.315 e. The number of hydrogen-bond acceptors (Lipinski definition) is 3. The third kappa shape index (κ3) is 2.05. The molecule has 2 unspecified atom stereocenters. The Kier molecular flexibility index (Phi) is 2.78. The highest BCUT2D eigenvalue weighted by molar-refractivity contribution is 5.39. The molecule has 0 aromatic carbocycles. The molecule has 4 heteroatoms. The average molecular weight is 256 g/mol. The molecule has 2 fully saturated rings. The van der Waals surface area contributed by atoms with Crippen LogP contribution in [0, 0.1) is 5.92 Å². The van der Waals surface area contributed by atoms with Crippen LogP contribution in [0.4, 0.5) is 0 Å². The number of aromatic nitrogens is 2. The number of pyridine rings is 1. The van der Waals surface area contributed by atoms with E-state index in [0.29, 0.717) is 0 Å². The molecule has 2 aliphatic heterocycles. The van der Waals surface area contributed by atoms with Crippen molar-refractivity contribution in [3.05, 3.63) is 36.3 Å². The first-order valence-electron chi connectivity index (χ1n) is 7.27. The quantitative estimate of drug-likeness (QED) is 0.884. The second-order valence-electron chi connectivity index (χ2n) is 5.80. The van der Waals surface area contributed by atoms with Crippen molar-refractivity contribution in [2.24, 2.45) is 5.92 Å². The highest BCUT2D eigenvalue weighted by Crippen LogP contribution is 2.27. The molecule has 19 heavy (non-hydrogen) atoms. The molecule has 0 saturated carbocycles. The Hall–Kier alpha value is -1.39. The average Bonchev–Trinajstić information content (AvgIpc) is 3.04. The molecule has 1 N–H and O–H groups in total. The molecule has 4 nitrogen and oxygen atoms in total. The predicted octanol–water partition coefficient (Wildman–Crippen LogP) is 1.52. The first kappa shape index (κ1) is 11.4. The van der Waals surface area contributed by atoms with Gasteiger partial charge in [0.05, 0.1) is 5.69 Å². The fourth-order valence-corrected chi connectivity index (χ4v) is 3.63. The molecular formula is C15H20N4. The van der Waals surface area contributed by atoms with E-state index in [1.165, 1.54) is 31.6 Å². The summed E-state index contributed by atoms with van der Waals surface area (Å²) in [5, 5.41) is 3.54. The maximum Gasteiger partial charge on any atom is 0.137 e. The Balaban J connectivity index is 1.56. The number of fused-ring (bicyclic) bond motifs is 2. The van der Waals surface area contributed by atoms with Gasteiger partial charge in [-0.15, -0.1) is 0 Å². The van der Waals surface area contributed by atoms with Crippen LogP contribution < -0.4 is 5.32 Å². The summed E-state index contributed by atoms with van der Waals surface area (Å²) < 4.78 is 2.11. The zero-order valence-corrected chi connectivity index (χ0v) is 11.1. The number of nitrogens with one attached hydrogen (secondary N) is 1. The van der Waals surface area contributed by atoms with E-state index in [9.17, 15) is 0 Å². The Labute approximate surface area is 113 Å². The molecule has 2 saturated heterocycles. The molecule has 100 valence electrons. The lowest BCUT2D eigenvalue weighted by Gasteiger charge is -2.36. The molecule has 0 spiro atoms. The predicted molar refractivity (Wildman–Crippen MR) is 75.0 cm³/mol. The molecule has 2 aliphatic rings. The fourth-order valence-electron chi connectivity index (χ4n) is 3.63. The van der Waals surface area contributed by atoms with E-state index < -0.39 is 0 Å². The molecule has 4 heterocycles. The van der Waals surface area contributed by atoms with Crippen molar-refractivity contribution in [2.75, 3.05) is 19.6 Å². The summed E-state index contributed by atoms with van der Waals surface area (Å²) in [6.45, 7) is 4.56. The highest BCUT2D eigenvalue weighted by Gasteiger charge is 2.34. The normalized spacial score (nSPS) is 27.8. The lowest BCUT2D eigenvalue weighted by molar-refractivity contribution is 0.116. The van der Waals surface area contributed by atoms with Crippen molar-refractivity contribution in [3.8, 4) is 0 Å². The summed E-state index contributed by atoms with van der Waals surface area (Å²) in [5.74, 6) is 0.853. The van der Waals surface area contributed by atoms with Crippen molar-refractivity contribution >= 4 is 5.65 Å². The Morgan fingerprint density at radius 2 is 2.32 bits per heavy atom. The van der Waals surface area contributed by atoms with E-state index in [1.807, 2.05) is 6.07 Å². The molecule has 2 atom stereocenters. The molecule has 2 aromatic rings. The maximum absolute atomic E-state index is 4.72. The minimum atomic E-state index is 0.721. The second kappa shape index (κ2) is 4.62. The SMILES string of the molecule is c1ccn2cc(CN3CCCC4CNCC43)nc2c1. The van der Waals surface area contributed by atoms with Gasteiger partial charge in [0.1, 0.15) is 5.65 Å². The fraction of sp³-hybridized carbons (Fsp3) is 0.533. The second-order valence-corrected chi connectivity index (χ2v) is 5.80. The van der Waals surface area contributed by atoms with Gasteiger partial charge in [0.25, 0.3) is 0 Å². The summed E-state index contributed by atoms with van der Waals surface area (Å²) in [6, 6.07) is 6.89. The van der Waals surface area contributed by atoms with Crippen LogP contribution in [-0.4, -0.2) is 40.0 Å². The van der Waals surface area contributed by atoms with Crippen molar-refractivity contribution in [1.29, 1.82) is 0 Å². The lowest BCUT2D eigenvalue weighted by atomic mass is 9.92. The zero-order valence-electron chi connectivity index (χ0n) is 11.1. The van der Waals surface area contributed by atoms with Gasteiger partial charge in [0.2, 0.25) is 0 Å². The minimum Gasteiger partial charge on any atom is -0.315 e. The Morgan fingerprint density at radius 3 is 3.26 bits per heavy atom. The number of nitrogens with zero attached hydrogens (tertiary/aromatic N) is 3. The van der Waals surface area contributed by atoms with Crippen molar-refractivity contribution in [1.82, 2.24) is 19.6 Å². The number of piperidine rings is 1. The summed E-state index contributed by atoms with van der Waals surface area (Å²) in [7, 11) is 0. The topological polar surface area (TPSA) is 32.6 Å². The van der Waals surface area contributed by atoms with Crippen LogP contribution in [0.2, 0.25) is 0 Å². The standard InChI is InChI=1S/C15H20N4/c1-2-6-19-11-13(17-15(19)5-1)10-18-7-3-4-12-8-16-9-14(12)18/h1-2,5-6,11-12,14,16H,3-4,7-10H2. The van der Waals surface area contributed by atoms with Crippen LogP contribution in [0.25, 0.3) is 5.65 Å². The third-order valence-electron chi connectivity index (χ3n) is 4.57. The van der Waals surface area contributed by atoms with Crippen molar-refractivity contribution in [2.45, 2.75) is 25.4 Å². The van der Waals surface area contributed by atoms with Gasteiger partial charge >= 0.3 is 0 Å². The molecular weight excluding hydrogens is 236 g/mol. The van der Waals surface area contributed by atoms with Crippen LogP contribution in [0.5, 0.6) is 0 Å². The van der Waals surface area contributed by atoms with Gasteiger partial charge in [-0.3, -0.25) is 4.90 Å². The summed E-state index contributed by atoms with van der Waals surface area (Å²) in [4.78, 5) is 7.34. The van der Waals surface area contributed by atoms with E-state index in [4.69, 9.17) is 4.98 Å². The van der Waals surface area contributed by atoms with Crippen LogP contribution in [0.1, 0.15) is 18.5 Å². The first-order chi connectivity index (χ1) is 9.40. The number of imidazole rings is 1. The monoisotopic (exact) mass is 256 g/mol. The van der Waals surface area contributed by atoms with Gasteiger partial charge in [-0.25, -0.2) is 4.98 Å². The molecule has 0 amide bonds. The number of likely N-dealkylation sites (tertiary alicyclic amines) is 1. The van der Waals surface area contributed by atoms with Crippen LogP contribution >= 0.6 is 0 Å². The van der Waals surface area contributed by atoms with Gasteiger partial charge in [-0.1, -0.05) is 6.07 Å². The smallest absolute Gasteiger partial charge is 0.137 e. The molecule has 0 radical (unpaired) electrons. The summed E-state index contributed by atoms with van der Waals surface area (Å²) >= 11 is 0. The zero-order chi connectivity index (χ0) is 12.7. The Bertz CT molecular complexity index is 543. The van der Waals surface area contributed by atoms with Gasteiger partial charge in [-0.05, 0) is 44.0 Å². The van der Waals surface area contributed by atoms with E-state index in [0.717, 1.165) is 30.7 Å². The number of rotatable bonds is 2. The first-order valence-corrected chi connectivity index (χ1v) is 7.27. The Morgan fingerprint density at radius 1 is 1.32 bits per heavy atom. The van der Waals surface area contributed by atoms with Crippen molar-refractivity contribution in [3.63, 3.8) is 0 Å². The summed E-state index contributed by atoms with van der Waals surface area (Å²) in [5.41, 5.74) is 2.24. The molecule has 4 rings (SSSR count). The van der Waals surface area contributed by atoms with E-state index in [2.05, 4.69) is 39.1 Å². The molecule has 2 aromatic heterocycles. The summed E-state index contributed by atoms with van der Waals surface area (Å²) in [6.07, 6.45) is 6.96. The van der Waals surface area contributed by atoms with E-state index in [-0.39, 0.29) is 0 Å².